The summed E-state index contributed by atoms with van der Waals surface area (Å²) in [4.78, 5) is 39.8. The molecule has 1 heterocycles. The van der Waals surface area contributed by atoms with Crippen LogP contribution in [0.1, 0.15) is 26.3 Å². The van der Waals surface area contributed by atoms with Gasteiger partial charge in [0, 0.05) is 20.1 Å². The van der Waals surface area contributed by atoms with Crippen LogP contribution in [-0.4, -0.2) is 66.2 Å². The molecule has 1 aromatic carbocycles. The van der Waals surface area contributed by atoms with Crippen molar-refractivity contribution in [2.45, 2.75) is 39.0 Å². The van der Waals surface area contributed by atoms with Crippen LogP contribution < -0.4 is 5.32 Å². The highest BCUT2D eigenvalue weighted by Gasteiger charge is 2.33. The Morgan fingerprint density at radius 1 is 1.19 bits per heavy atom. The molecule has 1 aromatic rings. The van der Waals surface area contributed by atoms with Crippen molar-refractivity contribution in [3.05, 3.63) is 35.9 Å². The van der Waals surface area contributed by atoms with Gasteiger partial charge in [-0.25, -0.2) is 9.59 Å². The van der Waals surface area contributed by atoms with E-state index in [9.17, 15) is 14.4 Å². The third-order valence-electron chi connectivity index (χ3n) is 3.94. The number of hydrogen-bond acceptors (Lipinski definition) is 5. The minimum atomic E-state index is -0.892. The van der Waals surface area contributed by atoms with Crippen LogP contribution in [0.4, 0.5) is 9.59 Å². The van der Waals surface area contributed by atoms with E-state index in [1.807, 2.05) is 30.3 Å². The normalized spacial score (nSPS) is 17.9. The van der Waals surface area contributed by atoms with Crippen molar-refractivity contribution < 1.29 is 23.9 Å². The number of ether oxygens (including phenoxy) is 2. The van der Waals surface area contributed by atoms with Gasteiger partial charge in [-0.3, -0.25) is 4.79 Å². The molecular formula is C19H27N3O5. The number of carbonyl (C=O) groups is 3. The van der Waals surface area contributed by atoms with E-state index in [0.29, 0.717) is 13.1 Å². The van der Waals surface area contributed by atoms with Crippen LogP contribution in [-0.2, 0) is 20.9 Å². The van der Waals surface area contributed by atoms with Gasteiger partial charge in [0.1, 0.15) is 18.2 Å². The van der Waals surface area contributed by atoms with Crippen LogP contribution in [0.3, 0.4) is 0 Å². The number of nitrogens with one attached hydrogen (secondary N) is 1. The maximum atomic E-state index is 12.5. The van der Waals surface area contributed by atoms with E-state index in [-0.39, 0.29) is 19.1 Å². The molecule has 1 N–H and O–H groups in total. The highest BCUT2D eigenvalue weighted by atomic mass is 16.6. The Balaban J connectivity index is 1.99. The number of rotatable bonds is 3. The third kappa shape index (κ3) is 6.47. The molecule has 1 aliphatic rings. The summed E-state index contributed by atoms with van der Waals surface area (Å²) >= 11 is 0. The largest absolute Gasteiger partial charge is 0.445 e. The van der Waals surface area contributed by atoms with Crippen LogP contribution in [0.15, 0.2) is 30.3 Å². The van der Waals surface area contributed by atoms with Gasteiger partial charge < -0.3 is 24.6 Å². The van der Waals surface area contributed by atoms with E-state index in [2.05, 4.69) is 5.32 Å². The Morgan fingerprint density at radius 2 is 1.85 bits per heavy atom. The number of likely N-dealkylation sites (N-methyl/N-ethyl adjacent to an activating group) is 1. The molecule has 1 unspecified atom stereocenters. The standard InChI is InChI=1S/C19H27N3O5/c1-19(2,3)27-17(24)20-15-12-22(11-10-21(4)16(15)23)18(25)26-13-14-8-6-5-7-9-14/h5-9,15H,10-13H2,1-4H3,(H,20,24). The lowest BCUT2D eigenvalue weighted by Gasteiger charge is -2.25. The second-order valence-corrected chi connectivity index (χ2v) is 7.44. The predicted molar refractivity (Wildman–Crippen MR) is 99.0 cm³/mol. The summed E-state index contributed by atoms with van der Waals surface area (Å²) in [5.41, 5.74) is 0.190. The summed E-state index contributed by atoms with van der Waals surface area (Å²) in [5, 5.41) is 2.55. The predicted octanol–water partition coefficient (Wildman–Crippen LogP) is 1.99. The first kappa shape index (κ1) is 20.5. The fraction of sp³-hybridized carbons (Fsp3) is 0.526. The third-order valence-corrected chi connectivity index (χ3v) is 3.94. The van der Waals surface area contributed by atoms with Crippen LogP contribution in [0.25, 0.3) is 0 Å². The van der Waals surface area contributed by atoms with Crippen LogP contribution >= 0.6 is 0 Å². The Labute approximate surface area is 159 Å². The molecule has 27 heavy (non-hydrogen) atoms. The number of hydrogen-bond donors (Lipinski definition) is 1. The Hall–Kier alpha value is -2.77. The number of alkyl carbamates (subject to hydrolysis) is 1. The first-order valence-electron chi connectivity index (χ1n) is 8.86. The van der Waals surface area contributed by atoms with Crippen LogP contribution in [0.5, 0.6) is 0 Å². The molecule has 8 heteroatoms. The van der Waals surface area contributed by atoms with Gasteiger partial charge in [-0.1, -0.05) is 30.3 Å². The van der Waals surface area contributed by atoms with Crippen molar-refractivity contribution in [1.82, 2.24) is 15.1 Å². The first-order chi connectivity index (χ1) is 12.7. The number of amides is 3. The molecule has 0 spiro atoms. The Kier molecular flexibility index (Phi) is 6.65. The van der Waals surface area contributed by atoms with Crippen molar-refractivity contribution in [2.24, 2.45) is 0 Å². The topological polar surface area (TPSA) is 88.2 Å². The highest BCUT2D eigenvalue weighted by Crippen LogP contribution is 2.11. The zero-order valence-electron chi connectivity index (χ0n) is 16.2. The molecule has 0 aromatic heterocycles. The fourth-order valence-corrected chi connectivity index (χ4v) is 2.57. The van der Waals surface area contributed by atoms with E-state index >= 15 is 0 Å². The minimum absolute atomic E-state index is 0.0238. The molecule has 1 fully saturated rings. The molecule has 1 atom stereocenters. The number of benzene rings is 1. The zero-order valence-corrected chi connectivity index (χ0v) is 16.2. The highest BCUT2D eigenvalue weighted by molar-refractivity contribution is 5.86. The summed E-state index contributed by atoms with van der Waals surface area (Å²) in [6, 6.07) is 8.44. The maximum absolute atomic E-state index is 12.5. The van der Waals surface area contributed by atoms with Crippen molar-refractivity contribution in [3.8, 4) is 0 Å². The molecule has 0 radical (unpaired) electrons. The monoisotopic (exact) mass is 377 g/mol. The van der Waals surface area contributed by atoms with E-state index in [1.54, 1.807) is 27.8 Å². The van der Waals surface area contributed by atoms with Gasteiger partial charge >= 0.3 is 12.2 Å². The lowest BCUT2D eigenvalue weighted by Crippen LogP contribution is -2.51. The van der Waals surface area contributed by atoms with Crippen molar-refractivity contribution in [2.75, 3.05) is 26.7 Å². The summed E-state index contributed by atoms with van der Waals surface area (Å²) in [6.45, 7) is 6.05. The molecule has 3 amide bonds. The summed E-state index contributed by atoms with van der Waals surface area (Å²) < 4.78 is 10.6. The second-order valence-electron chi connectivity index (χ2n) is 7.44. The fourth-order valence-electron chi connectivity index (χ4n) is 2.57. The van der Waals surface area contributed by atoms with E-state index in [0.717, 1.165) is 5.56 Å². The van der Waals surface area contributed by atoms with E-state index < -0.39 is 23.8 Å². The van der Waals surface area contributed by atoms with Gasteiger partial charge in [0.25, 0.3) is 0 Å². The number of carbonyl (C=O) groups excluding carboxylic acids is 3. The summed E-state index contributed by atoms with van der Waals surface area (Å²) in [5.74, 6) is -0.279. The molecule has 8 nitrogen and oxygen atoms in total. The van der Waals surface area contributed by atoms with Gasteiger partial charge in [-0.2, -0.15) is 0 Å². The van der Waals surface area contributed by atoms with Crippen molar-refractivity contribution in [1.29, 1.82) is 0 Å². The SMILES string of the molecule is CN1CCN(C(=O)OCc2ccccc2)CC(NC(=O)OC(C)(C)C)C1=O. The first-order valence-corrected chi connectivity index (χ1v) is 8.86. The van der Waals surface area contributed by atoms with Crippen LogP contribution in [0.2, 0.25) is 0 Å². The Morgan fingerprint density at radius 3 is 2.48 bits per heavy atom. The van der Waals surface area contributed by atoms with E-state index in [1.165, 1.54) is 9.80 Å². The van der Waals surface area contributed by atoms with Gasteiger partial charge in [0.2, 0.25) is 5.91 Å². The van der Waals surface area contributed by atoms with Crippen molar-refractivity contribution in [3.63, 3.8) is 0 Å². The van der Waals surface area contributed by atoms with E-state index in [4.69, 9.17) is 9.47 Å². The molecule has 148 valence electrons. The molecule has 2 rings (SSSR count). The molecule has 0 aliphatic carbocycles. The Bertz CT molecular complexity index is 672. The molecular weight excluding hydrogens is 350 g/mol. The average Bonchev–Trinajstić information content (AvgIpc) is 2.73. The minimum Gasteiger partial charge on any atom is -0.445 e. The van der Waals surface area contributed by atoms with Gasteiger partial charge in [-0.05, 0) is 26.3 Å². The summed E-state index contributed by atoms with van der Waals surface area (Å²) in [6.07, 6.45) is -1.23. The van der Waals surface area contributed by atoms with Gasteiger partial charge in [-0.15, -0.1) is 0 Å². The lowest BCUT2D eigenvalue weighted by molar-refractivity contribution is -0.131. The van der Waals surface area contributed by atoms with Crippen LogP contribution in [0, 0.1) is 0 Å². The lowest BCUT2D eigenvalue weighted by atomic mass is 10.2. The second kappa shape index (κ2) is 8.75. The maximum Gasteiger partial charge on any atom is 0.410 e. The molecule has 0 bridgehead atoms. The molecule has 1 saturated heterocycles. The zero-order chi connectivity index (χ0) is 20.0. The van der Waals surface area contributed by atoms with Gasteiger partial charge in [0.15, 0.2) is 0 Å². The quantitative estimate of drug-likeness (QED) is 0.870. The number of nitrogens with zero attached hydrogens (tertiary/aromatic N) is 2. The molecule has 0 saturated carbocycles. The van der Waals surface area contributed by atoms with Crippen molar-refractivity contribution >= 4 is 18.1 Å². The smallest absolute Gasteiger partial charge is 0.410 e. The molecule has 1 aliphatic heterocycles. The van der Waals surface area contributed by atoms with Gasteiger partial charge in [0.05, 0.1) is 6.54 Å². The average molecular weight is 377 g/mol. The summed E-state index contributed by atoms with van der Waals surface area (Å²) in [7, 11) is 1.63.